The summed E-state index contributed by atoms with van der Waals surface area (Å²) < 4.78 is 0. The number of aliphatic imine (C=N–C) groups is 1. The zero-order valence-corrected chi connectivity index (χ0v) is 22.3. The van der Waals surface area contributed by atoms with Crippen molar-refractivity contribution in [2.24, 2.45) is 4.99 Å². The number of halogens is 1. The highest BCUT2D eigenvalue weighted by Crippen LogP contribution is 2.36. The SMILES string of the molecule is O=C(O)c1ccc(CN2C(=O)/C(=C/c3ccc(Sc4ccc(Cl)cc4)cc3)SC2=Nc2ccccc2)cc1. The van der Waals surface area contributed by atoms with Crippen molar-refractivity contribution >= 4 is 63.9 Å². The molecule has 0 aromatic heterocycles. The fourth-order valence-electron chi connectivity index (χ4n) is 3.70. The van der Waals surface area contributed by atoms with E-state index < -0.39 is 5.97 Å². The number of amidine groups is 1. The van der Waals surface area contributed by atoms with Crippen molar-refractivity contribution < 1.29 is 14.7 Å². The van der Waals surface area contributed by atoms with E-state index in [1.54, 1.807) is 40.9 Å². The van der Waals surface area contributed by atoms with Crippen molar-refractivity contribution in [1.82, 2.24) is 4.90 Å². The number of benzene rings is 4. The Labute approximate surface area is 233 Å². The summed E-state index contributed by atoms with van der Waals surface area (Å²) in [6.45, 7) is 0.283. The molecular weight excluding hydrogens is 536 g/mol. The van der Waals surface area contributed by atoms with Crippen molar-refractivity contribution in [1.29, 1.82) is 0 Å². The molecule has 0 bridgehead atoms. The van der Waals surface area contributed by atoms with E-state index in [4.69, 9.17) is 16.6 Å². The lowest BCUT2D eigenvalue weighted by atomic mass is 10.1. The third kappa shape index (κ3) is 6.37. The third-order valence-electron chi connectivity index (χ3n) is 5.64. The van der Waals surface area contributed by atoms with Crippen molar-refractivity contribution in [3.8, 4) is 0 Å². The second-order valence-corrected chi connectivity index (χ2v) is 11.0. The lowest BCUT2D eigenvalue weighted by molar-refractivity contribution is -0.122. The van der Waals surface area contributed by atoms with E-state index in [1.165, 1.54) is 11.8 Å². The molecular formula is C30H21ClN2O3S2. The van der Waals surface area contributed by atoms with Gasteiger partial charge in [0.15, 0.2) is 5.17 Å². The van der Waals surface area contributed by atoms with E-state index in [1.807, 2.05) is 84.9 Å². The third-order valence-corrected chi connectivity index (χ3v) is 7.91. The molecule has 0 radical (unpaired) electrons. The Morgan fingerprint density at radius 3 is 2.16 bits per heavy atom. The highest BCUT2D eigenvalue weighted by atomic mass is 35.5. The number of nitrogens with zero attached hydrogens (tertiary/aromatic N) is 2. The van der Waals surface area contributed by atoms with Gasteiger partial charge in [-0.2, -0.15) is 0 Å². The van der Waals surface area contributed by atoms with Crippen LogP contribution in [0.15, 0.2) is 123 Å². The first-order valence-corrected chi connectivity index (χ1v) is 13.7. The summed E-state index contributed by atoms with van der Waals surface area (Å²) in [6, 6.07) is 31.7. The van der Waals surface area contributed by atoms with E-state index in [0.29, 0.717) is 15.1 Å². The minimum atomic E-state index is -0.988. The zero-order chi connectivity index (χ0) is 26.5. The molecule has 1 N–H and O–H groups in total. The van der Waals surface area contributed by atoms with E-state index in [9.17, 15) is 14.7 Å². The number of carbonyl (C=O) groups excluding carboxylic acids is 1. The Kier molecular flexibility index (Phi) is 7.98. The molecule has 4 aromatic rings. The molecule has 0 spiro atoms. The Balaban J connectivity index is 1.38. The Hall–Kier alpha value is -3.78. The number of carboxylic acids is 1. The number of carbonyl (C=O) groups is 2. The highest BCUT2D eigenvalue weighted by Gasteiger charge is 2.33. The average Bonchev–Trinajstić information content (AvgIpc) is 3.20. The van der Waals surface area contributed by atoms with Gasteiger partial charge >= 0.3 is 5.97 Å². The van der Waals surface area contributed by atoms with Crippen LogP contribution >= 0.6 is 35.1 Å². The van der Waals surface area contributed by atoms with Crippen molar-refractivity contribution in [2.75, 3.05) is 0 Å². The molecule has 1 aliphatic heterocycles. The Bertz CT molecular complexity index is 1520. The minimum absolute atomic E-state index is 0.147. The molecule has 5 nitrogen and oxygen atoms in total. The van der Waals surface area contributed by atoms with Gasteiger partial charge in [-0.1, -0.05) is 65.8 Å². The fourth-order valence-corrected chi connectivity index (χ4v) is 5.64. The molecule has 1 saturated heterocycles. The van der Waals surface area contributed by atoms with Crippen LogP contribution in [0.4, 0.5) is 5.69 Å². The standard InChI is InChI=1S/C30H21ClN2O3S2/c31-23-12-16-26(17-13-23)37-25-14-8-20(9-15-25)18-27-28(34)33(19-21-6-10-22(11-7-21)29(35)36)30(38-27)32-24-4-2-1-3-5-24/h1-18H,19H2,(H,35,36)/b27-18-,32-30?. The minimum Gasteiger partial charge on any atom is -0.478 e. The summed E-state index contributed by atoms with van der Waals surface area (Å²) >= 11 is 8.94. The molecule has 1 heterocycles. The number of hydrogen-bond acceptors (Lipinski definition) is 5. The number of rotatable bonds is 7. The Morgan fingerprint density at radius 2 is 1.53 bits per heavy atom. The van der Waals surface area contributed by atoms with Gasteiger partial charge in [-0.3, -0.25) is 9.69 Å². The van der Waals surface area contributed by atoms with E-state index in [-0.39, 0.29) is 18.0 Å². The molecule has 1 amide bonds. The number of amides is 1. The molecule has 0 atom stereocenters. The van der Waals surface area contributed by atoms with Gasteiger partial charge < -0.3 is 5.11 Å². The van der Waals surface area contributed by atoms with Crippen LogP contribution in [0.1, 0.15) is 21.5 Å². The van der Waals surface area contributed by atoms with Gasteiger partial charge in [-0.15, -0.1) is 0 Å². The number of carboxylic acid groups (broad SMARTS) is 1. The second-order valence-electron chi connectivity index (χ2n) is 8.36. The molecule has 5 rings (SSSR count). The maximum atomic E-state index is 13.5. The van der Waals surface area contributed by atoms with Gasteiger partial charge in [0.05, 0.1) is 22.7 Å². The van der Waals surface area contributed by atoms with Crippen LogP contribution in [0.5, 0.6) is 0 Å². The number of para-hydroxylation sites is 1. The first-order chi connectivity index (χ1) is 18.4. The summed E-state index contributed by atoms with van der Waals surface area (Å²) in [5, 5.41) is 10.5. The van der Waals surface area contributed by atoms with Crippen molar-refractivity contribution in [3.63, 3.8) is 0 Å². The van der Waals surface area contributed by atoms with Crippen molar-refractivity contribution in [2.45, 2.75) is 16.3 Å². The molecule has 8 heteroatoms. The van der Waals surface area contributed by atoms with Gasteiger partial charge in [0.25, 0.3) is 5.91 Å². The first-order valence-electron chi connectivity index (χ1n) is 11.7. The van der Waals surface area contributed by atoms with E-state index in [0.717, 1.165) is 26.6 Å². The lowest BCUT2D eigenvalue weighted by Crippen LogP contribution is -2.28. The smallest absolute Gasteiger partial charge is 0.335 e. The van der Waals surface area contributed by atoms with Crippen LogP contribution in [-0.4, -0.2) is 27.1 Å². The number of thioether (sulfide) groups is 1. The molecule has 0 unspecified atom stereocenters. The maximum absolute atomic E-state index is 13.5. The molecule has 1 aliphatic rings. The van der Waals surface area contributed by atoms with Crippen LogP contribution < -0.4 is 0 Å². The highest BCUT2D eigenvalue weighted by molar-refractivity contribution is 8.18. The number of hydrogen-bond donors (Lipinski definition) is 1. The van der Waals surface area contributed by atoms with Gasteiger partial charge in [0, 0.05) is 14.8 Å². The van der Waals surface area contributed by atoms with Gasteiger partial charge in [-0.25, -0.2) is 9.79 Å². The molecule has 0 saturated carbocycles. The van der Waals surface area contributed by atoms with Crippen LogP contribution in [0.3, 0.4) is 0 Å². The number of aromatic carboxylic acids is 1. The molecule has 188 valence electrons. The largest absolute Gasteiger partial charge is 0.478 e. The first kappa shape index (κ1) is 25.9. The zero-order valence-electron chi connectivity index (χ0n) is 20.0. The van der Waals surface area contributed by atoms with E-state index >= 15 is 0 Å². The van der Waals surface area contributed by atoms with Gasteiger partial charge in [-0.05, 0) is 89.6 Å². The lowest BCUT2D eigenvalue weighted by Gasteiger charge is -2.16. The van der Waals surface area contributed by atoms with Gasteiger partial charge in [0.2, 0.25) is 0 Å². The predicted molar refractivity (Wildman–Crippen MR) is 155 cm³/mol. The molecule has 0 aliphatic carbocycles. The molecule has 38 heavy (non-hydrogen) atoms. The normalized spacial score (nSPS) is 15.4. The fraction of sp³-hybridized carbons (Fsp3) is 0.0333. The summed E-state index contributed by atoms with van der Waals surface area (Å²) in [6.07, 6.45) is 1.87. The van der Waals surface area contributed by atoms with Crippen molar-refractivity contribution in [3.05, 3.63) is 130 Å². The molecule has 1 fully saturated rings. The topological polar surface area (TPSA) is 70.0 Å². The van der Waals surface area contributed by atoms with Crippen LogP contribution in [-0.2, 0) is 11.3 Å². The van der Waals surface area contributed by atoms with Gasteiger partial charge in [0.1, 0.15) is 0 Å². The summed E-state index contributed by atoms with van der Waals surface area (Å²) in [4.78, 5) is 33.8. The Morgan fingerprint density at radius 1 is 0.895 bits per heavy atom. The van der Waals surface area contributed by atoms with E-state index in [2.05, 4.69) is 0 Å². The monoisotopic (exact) mass is 556 g/mol. The van der Waals surface area contributed by atoms with Crippen LogP contribution in [0.2, 0.25) is 5.02 Å². The second kappa shape index (κ2) is 11.7. The maximum Gasteiger partial charge on any atom is 0.335 e. The van der Waals surface area contributed by atoms with Crippen LogP contribution in [0.25, 0.3) is 6.08 Å². The van der Waals surface area contributed by atoms with Crippen LogP contribution in [0, 0.1) is 0 Å². The average molecular weight is 557 g/mol. The summed E-state index contributed by atoms with van der Waals surface area (Å²) in [7, 11) is 0. The summed E-state index contributed by atoms with van der Waals surface area (Å²) in [5.41, 5.74) is 2.67. The summed E-state index contributed by atoms with van der Waals surface area (Å²) in [5.74, 6) is -1.13. The molecule has 4 aromatic carbocycles. The quantitative estimate of drug-likeness (QED) is 0.234. The predicted octanol–water partition coefficient (Wildman–Crippen LogP) is 7.99.